The molecule has 0 unspecified atom stereocenters. The molecule has 1 atom stereocenters. The maximum Gasteiger partial charge on any atom is 0.306 e. The lowest BCUT2D eigenvalue weighted by atomic mass is 9.94. The maximum atomic E-state index is 11.7. The second-order valence-electron chi connectivity index (χ2n) is 9.83. The molecule has 6 nitrogen and oxygen atoms in total. The van der Waals surface area contributed by atoms with Crippen molar-refractivity contribution in [3.05, 3.63) is 76.9 Å². The van der Waals surface area contributed by atoms with Crippen molar-refractivity contribution in [1.29, 1.82) is 0 Å². The van der Waals surface area contributed by atoms with Crippen LogP contribution in [0.15, 0.2) is 54.6 Å². The Labute approximate surface area is 218 Å². The molecule has 6 heteroatoms. The van der Waals surface area contributed by atoms with Crippen LogP contribution >= 0.6 is 0 Å². The van der Waals surface area contributed by atoms with Crippen molar-refractivity contribution in [1.82, 2.24) is 0 Å². The van der Waals surface area contributed by atoms with Crippen LogP contribution < -0.4 is 14.2 Å². The minimum atomic E-state index is -0.229. The Hall–Kier alpha value is -3.51. The molecule has 3 aromatic rings. The van der Waals surface area contributed by atoms with E-state index >= 15 is 0 Å². The summed E-state index contributed by atoms with van der Waals surface area (Å²) in [6.45, 7) is 6.37. The van der Waals surface area contributed by atoms with Crippen molar-refractivity contribution in [2.24, 2.45) is 0 Å². The highest BCUT2D eigenvalue weighted by atomic mass is 16.5. The van der Waals surface area contributed by atoms with Crippen molar-refractivity contribution in [3.63, 3.8) is 0 Å². The summed E-state index contributed by atoms with van der Waals surface area (Å²) in [7, 11) is 1.41. The van der Waals surface area contributed by atoms with Crippen LogP contribution in [0.4, 0.5) is 0 Å². The van der Waals surface area contributed by atoms with Crippen LogP contribution in [0.25, 0.3) is 11.1 Å². The number of hydrogen-bond donors (Lipinski definition) is 0. The molecule has 0 aromatic heterocycles. The quantitative estimate of drug-likeness (QED) is 0.232. The molecule has 1 heterocycles. The average Bonchev–Trinajstić information content (AvgIpc) is 3.64. The summed E-state index contributed by atoms with van der Waals surface area (Å²) in [6.07, 6.45) is 3.12. The van der Waals surface area contributed by atoms with Crippen LogP contribution in [0.1, 0.15) is 47.4 Å². The normalized spacial score (nSPS) is 16.1. The van der Waals surface area contributed by atoms with E-state index in [0.29, 0.717) is 39.0 Å². The minimum absolute atomic E-state index is 0.0209. The second-order valence-corrected chi connectivity index (χ2v) is 9.83. The fourth-order valence-corrected chi connectivity index (χ4v) is 4.86. The summed E-state index contributed by atoms with van der Waals surface area (Å²) in [6, 6.07) is 18.5. The number of aryl methyl sites for hydroxylation is 2. The molecule has 0 N–H and O–H groups in total. The zero-order chi connectivity index (χ0) is 25.8. The van der Waals surface area contributed by atoms with Crippen LogP contribution in [0.3, 0.4) is 0 Å². The smallest absolute Gasteiger partial charge is 0.306 e. The molecule has 1 saturated carbocycles. The highest BCUT2D eigenvalue weighted by Gasteiger charge is 2.27. The van der Waals surface area contributed by atoms with Crippen molar-refractivity contribution < 1.29 is 28.5 Å². The molecule has 5 rings (SSSR count). The van der Waals surface area contributed by atoms with Gasteiger partial charge in [0, 0.05) is 17.5 Å². The maximum absolute atomic E-state index is 11.7. The molecule has 0 saturated heterocycles. The summed E-state index contributed by atoms with van der Waals surface area (Å²) in [4.78, 5) is 11.7. The molecule has 1 aliphatic carbocycles. The number of methoxy groups -OCH3 is 1. The Morgan fingerprint density at radius 3 is 2.51 bits per heavy atom. The third kappa shape index (κ3) is 6.25. The second kappa shape index (κ2) is 11.3. The standard InChI is InChI=1S/C31H34O6/c1-20-13-27(35-12-11-34-25-7-8-25)14-21(2)31(20)23-6-4-5-22(15-23)18-36-26-9-10-28-24(16-30(32)33-3)19-37-29(28)17-26/h4-6,9-10,13-15,17,24-25H,7-8,11-12,16,18-19H2,1-3H3/t24-/m1/s1. The molecule has 0 radical (unpaired) electrons. The van der Waals surface area contributed by atoms with Gasteiger partial charge in [0.05, 0.1) is 32.8 Å². The number of benzene rings is 3. The van der Waals surface area contributed by atoms with Gasteiger partial charge < -0.3 is 23.7 Å². The lowest BCUT2D eigenvalue weighted by Gasteiger charge is -2.15. The van der Waals surface area contributed by atoms with Gasteiger partial charge in [0.15, 0.2) is 0 Å². The Balaban J connectivity index is 1.22. The molecule has 1 fully saturated rings. The molecule has 194 valence electrons. The van der Waals surface area contributed by atoms with Crippen LogP contribution in [0.5, 0.6) is 17.2 Å². The van der Waals surface area contributed by atoms with E-state index in [9.17, 15) is 4.79 Å². The Morgan fingerprint density at radius 1 is 0.946 bits per heavy atom. The Morgan fingerprint density at radius 2 is 1.76 bits per heavy atom. The number of hydrogen-bond acceptors (Lipinski definition) is 6. The topological polar surface area (TPSA) is 63.2 Å². The Kier molecular flexibility index (Phi) is 7.65. The first-order valence-corrected chi connectivity index (χ1v) is 12.9. The minimum Gasteiger partial charge on any atom is -0.492 e. The number of esters is 1. The SMILES string of the molecule is COC(=O)C[C@@H]1COc2cc(OCc3cccc(-c4c(C)cc(OCCOC5CC5)cc4C)c3)ccc21. The molecule has 3 aromatic carbocycles. The number of ether oxygens (including phenoxy) is 5. The van der Waals surface area contributed by atoms with Crippen LogP contribution in [-0.4, -0.2) is 39.0 Å². The van der Waals surface area contributed by atoms with Crippen molar-refractivity contribution in [3.8, 4) is 28.4 Å². The predicted molar refractivity (Wildman–Crippen MR) is 141 cm³/mol. The van der Waals surface area contributed by atoms with Gasteiger partial charge in [-0.15, -0.1) is 0 Å². The average molecular weight is 503 g/mol. The van der Waals surface area contributed by atoms with Gasteiger partial charge in [-0.2, -0.15) is 0 Å². The summed E-state index contributed by atoms with van der Waals surface area (Å²) in [5, 5.41) is 0. The number of fused-ring (bicyclic) bond motifs is 1. The fourth-order valence-electron chi connectivity index (χ4n) is 4.86. The van der Waals surface area contributed by atoms with E-state index in [-0.39, 0.29) is 11.9 Å². The first-order chi connectivity index (χ1) is 18.0. The lowest BCUT2D eigenvalue weighted by molar-refractivity contribution is -0.141. The van der Waals surface area contributed by atoms with Gasteiger partial charge in [0.2, 0.25) is 0 Å². The number of carbonyl (C=O) groups is 1. The molecule has 37 heavy (non-hydrogen) atoms. The van der Waals surface area contributed by atoms with Gasteiger partial charge in [0.1, 0.15) is 30.5 Å². The summed E-state index contributed by atoms with van der Waals surface area (Å²) in [5.74, 6) is 2.18. The van der Waals surface area contributed by atoms with E-state index in [2.05, 4.69) is 50.2 Å². The van der Waals surface area contributed by atoms with Crippen molar-refractivity contribution >= 4 is 5.97 Å². The van der Waals surface area contributed by atoms with E-state index < -0.39 is 0 Å². The van der Waals surface area contributed by atoms with E-state index in [1.54, 1.807) is 0 Å². The van der Waals surface area contributed by atoms with E-state index in [1.165, 1.54) is 36.6 Å². The zero-order valence-electron chi connectivity index (χ0n) is 21.8. The molecule has 0 amide bonds. The monoisotopic (exact) mass is 502 g/mol. The predicted octanol–water partition coefficient (Wildman–Crippen LogP) is 6.15. The highest BCUT2D eigenvalue weighted by Crippen LogP contribution is 2.39. The molecular formula is C31H34O6. The summed E-state index contributed by atoms with van der Waals surface area (Å²) >= 11 is 0. The zero-order valence-corrected chi connectivity index (χ0v) is 21.8. The third-order valence-electron chi connectivity index (χ3n) is 6.86. The van der Waals surface area contributed by atoms with Gasteiger partial charge in [-0.25, -0.2) is 0 Å². The largest absolute Gasteiger partial charge is 0.492 e. The van der Waals surface area contributed by atoms with Crippen LogP contribution in [-0.2, 0) is 20.9 Å². The molecular weight excluding hydrogens is 468 g/mol. The number of carbonyl (C=O) groups excluding carboxylic acids is 1. The van der Waals surface area contributed by atoms with Crippen LogP contribution in [0.2, 0.25) is 0 Å². The van der Waals surface area contributed by atoms with Gasteiger partial charge in [-0.3, -0.25) is 4.79 Å². The first-order valence-electron chi connectivity index (χ1n) is 12.9. The molecule has 1 aliphatic heterocycles. The lowest BCUT2D eigenvalue weighted by Crippen LogP contribution is -2.09. The number of rotatable bonds is 11. The van der Waals surface area contributed by atoms with E-state index in [1.807, 2.05) is 18.2 Å². The third-order valence-corrected chi connectivity index (χ3v) is 6.86. The highest BCUT2D eigenvalue weighted by molar-refractivity contribution is 5.72. The molecule has 2 aliphatic rings. The Bertz CT molecular complexity index is 1240. The van der Waals surface area contributed by atoms with E-state index in [4.69, 9.17) is 23.7 Å². The summed E-state index contributed by atoms with van der Waals surface area (Å²) in [5.41, 5.74) is 6.82. The van der Waals surface area contributed by atoms with E-state index in [0.717, 1.165) is 33.9 Å². The van der Waals surface area contributed by atoms with Crippen molar-refractivity contribution in [2.45, 2.75) is 51.7 Å². The first kappa shape index (κ1) is 25.2. The van der Waals surface area contributed by atoms with Crippen LogP contribution in [0, 0.1) is 13.8 Å². The summed E-state index contributed by atoms with van der Waals surface area (Å²) < 4.78 is 28.3. The van der Waals surface area contributed by atoms with Gasteiger partial charge in [-0.05, 0) is 78.8 Å². The van der Waals surface area contributed by atoms with Gasteiger partial charge in [0.25, 0.3) is 0 Å². The fraction of sp³-hybridized carbons (Fsp3) is 0.387. The van der Waals surface area contributed by atoms with Gasteiger partial charge >= 0.3 is 5.97 Å². The molecule has 0 bridgehead atoms. The van der Waals surface area contributed by atoms with Gasteiger partial charge in [-0.1, -0.05) is 24.3 Å². The molecule has 0 spiro atoms. The van der Waals surface area contributed by atoms with Crippen molar-refractivity contribution in [2.75, 3.05) is 26.9 Å².